The minimum atomic E-state index is -1.75. The molecule has 0 aromatic carbocycles. The second-order valence-electron chi connectivity index (χ2n) is 9.05. The van der Waals surface area contributed by atoms with Gasteiger partial charge in [-0.25, -0.2) is 4.79 Å². The lowest BCUT2D eigenvalue weighted by Gasteiger charge is -2.26. The predicted octanol–water partition coefficient (Wildman–Crippen LogP) is -3.98. The average molecular weight is 575 g/mol. The van der Waals surface area contributed by atoms with E-state index in [9.17, 15) is 33.6 Å². The summed E-state index contributed by atoms with van der Waals surface area (Å²) in [4.78, 5) is 86.8. The maximum absolute atomic E-state index is 13.0. The van der Waals surface area contributed by atoms with Crippen LogP contribution in [0.4, 0.5) is 0 Å². The van der Waals surface area contributed by atoms with Crippen molar-refractivity contribution in [2.24, 2.45) is 28.1 Å². The third-order valence-electron chi connectivity index (χ3n) is 5.27. The van der Waals surface area contributed by atoms with Crippen molar-refractivity contribution in [3.8, 4) is 0 Å². The van der Waals surface area contributed by atoms with Crippen LogP contribution in [-0.2, 0) is 33.6 Å². The van der Waals surface area contributed by atoms with Crippen molar-refractivity contribution in [3.63, 3.8) is 0 Å². The van der Waals surface area contributed by atoms with Gasteiger partial charge in [-0.15, -0.1) is 0 Å². The van der Waals surface area contributed by atoms with Crippen LogP contribution in [-0.4, -0.2) is 100 Å². The summed E-state index contributed by atoms with van der Waals surface area (Å²) in [7, 11) is 0. The Morgan fingerprint density at radius 3 is 1.93 bits per heavy atom. The van der Waals surface area contributed by atoms with Gasteiger partial charge in [0.1, 0.15) is 18.1 Å². The molecule has 0 radical (unpaired) electrons. The van der Waals surface area contributed by atoms with Gasteiger partial charge < -0.3 is 53.8 Å². The van der Waals surface area contributed by atoms with Crippen molar-refractivity contribution >= 4 is 47.5 Å². The van der Waals surface area contributed by atoms with Gasteiger partial charge in [-0.05, 0) is 25.2 Å². The van der Waals surface area contributed by atoms with E-state index in [0.717, 1.165) is 0 Å². The molecule has 0 rings (SSSR count). The standard InChI is InChI=1S/C22H38N8O10/c1-10(2)17(30-18(36)11(23)4-3-7-26-22(24)25)20(38)29-12(5-6-15(32)33)19(37)27-9-14(31)28-13(21(39)40)8-16(34)35/h10-13,17H,3-9,23H2,1-2H3,(H,27,37)(H,28,31)(H,29,38)(H,30,36)(H,32,33)(H,34,35)(H,39,40)(H4,24,25,26)/t11-,12-,13-,17-/m0/s1. The van der Waals surface area contributed by atoms with Crippen LogP contribution < -0.4 is 38.5 Å². The molecule has 40 heavy (non-hydrogen) atoms. The Bertz CT molecular complexity index is 967. The summed E-state index contributed by atoms with van der Waals surface area (Å²) in [6, 6.07) is -5.36. The van der Waals surface area contributed by atoms with Gasteiger partial charge in [0.25, 0.3) is 0 Å². The summed E-state index contributed by atoms with van der Waals surface area (Å²) in [5.74, 6) is -8.44. The first kappa shape index (κ1) is 35.5. The van der Waals surface area contributed by atoms with Gasteiger partial charge in [0.15, 0.2) is 5.96 Å². The number of aliphatic imine (C=N–C) groups is 1. The number of aliphatic carboxylic acids is 3. The third-order valence-corrected chi connectivity index (χ3v) is 5.27. The second kappa shape index (κ2) is 17.9. The van der Waals surface area contributed by atoms with E-state index in [1.54, 1.807) is 13.8 Å². The Morgan fingerprint density at radius 1 is 0.800 bits per heavy atom. The molecule has 0 spiro atoms. The quantitative estimate of drug-likeness (QED) is 0.0400. The van der Waals surface area contributed by atoms with Gasteiger partial charge in [0.2, 0.25) is 23.6 Å². The van der Waals surface area contributed by atoms with Gasteiger partial charge in [0.05, 0.1) is 19.0 Å². The molecule has 226 valence electrons. The van der Waals surface area contributed by atoms with Gasteiger partial charge in [-0.2, -0.15) is 0 Å². The molecule has 0 aliphatic heterocycles. The van der Waals surface area contributed by atoms with Gasteiger partial charge in [-0.1, -0.05) is 13.8 Å². The highest BCUT2D eigenvalue weighted by Gasteiger charge is 2.31. The lowest BCUT2D eigenvalue weighted by Crippen LogP contribution is -2.58. The Hall–Kier alpha value is -4.48. The molecule has 4 atom stereocenters. The highest BCUT2D eigenvalue weighted by atomic mass is 16.4. The highest BCUT2D eigenvalue weighted by molar-refractivity contribution is 5.95. The van der Waals surface area contributed by atoms with E-state index >= 15 is 0 Å². The summed E-state index contributed by atoms with van der Waals surface area (Å²) in [6.45, 7) is 2.68. The molecular weight excluding hydrogens is 536 g/mol. The number of hydrogen-bond acceptors (Lipinski definition) is 9. The highest BCUT2D eigenvalue weighted by Crippen LogP contribution is 2.07. The summed E-state index contributed by atoms with van der Waals surface area (Å²) in [6.07, 6.45) is -1.23. The Kier molecular flexibility index (Phi) is 15.9. The maximum atomic E-state index is 13.0. The number of carboxylic acid groups (broad SMARTS) is 3. The number of nitrogens with zero attached hydrogens (tertiary/aromatic N) is 1. The number of guanidine groups is 1. The van der Waals surface area contributed by atoms with Crippen LogP contribution in [0.3, 0.4) is 0 Å². The van der Waals surface area contributed by atoms with Crippen LogP contribution in [0.5, 0.6) is 0 Å². The van der Waals surface area contributed by atoms with Crippen molar-refractivity contribution < 1.29 is 48.9 Å². The van der Waals surface area contributed by atoms with Crippen LogP contribution in [0.25, 0.3) is 0 Å². The molecule has 4 amide bonds. The molecule has 0 fully saturated rings. The van der Waals surface area contributed by atoms with Crippen molar-refractivity contribution in [2.75, 3.05) is 13.1 Å². The monoisotopic (exact) mass is 574 g/mol. The van der Waals surface area contributed by atoms with Gasteiger partial charge in [-0.3, -0.25) is 33.8 Å². The number of nitrogens with two attached hydrogens (primary N) is 3. The molecule has 0 bridgehead atoms. The van der Waals surface area contributed by atoms with Crippen molar-refractivity contribution in [1.29, 1.82) is 0 Å². The number of carbonyl (C=O) groups excluding carboxylic acids is 4. The maximum Gasteiger partial charge on any atom is 0.326 e. The topological polar surface area (TPSA) is 319 Å². The Balaban J connectivity index is 5.30. The molecule has 0 saturated carbocycles. The molecule has 13 N–H and O–H groups in total. The fourth-order valence-corrected chi connectivity index (χ4v) is 3.15. The Labute approximate surface area is 229 Å². The summed E-state index contributed by atoms with van der Waals surface area (Å²) in [5.41, 5.74) is 16.3. The fraction of sp³-hybridized carbons (Fsp3) is 0.636. The zero-order valence-corrected chi connectivity index (χ0v) is 22.2. The first-order valence-corrected chi connectivity index (χ1v) is 12.2. The van der Waals surface area contributed by atoms with Crippen LogP contribution in [0.2, 0.25) is 0 Å². The van der Waals surface area contributed by atoms with Gasteiger partial charge in [0, 0.05) is 13.0 Å². The van der Waals surface area contributed by atoms with E-state index < -0.39 is 91.0 Å². The van der Waals surface area contributed by atoms with E-state index in [1.165, 1.54) is 0 Å². The van der Waals surface area contributed by atoms with Crippen molar-refractivity contribution in [2.45, 2.75) is 70.1 Å². The first-order valence-electron chi connectivity index (χ1n) is 12.2. The second-order valence-corrected chi connectivity index (χ2v) is 9.05. The average Bonchev–Trinajstić information content (AvgIpc) is 2.84. The van der Waals surface area contributed by atoms with Crippen LogP contribution >= 0.6 is 0 Å². The summed E-state index contributed by atoms with van der Waals surface area (Å²) in [5, 5.41) is 35.7. The molecule has 18 nitrogen and oxygen atoms in total. The molecule has 0 saturated heterocycles. The summed E-state index contributed by atoms with van der Waals surface area (Å²) < 4.78 is 0. The number of amides is 4. The minimum Gasteiger partial charge on any atom is -0.481 e. The van der Waals surface area contributed by atoms with Gasteiger partial charge >= 0.3 is 17.9 Å². The zero-order valence-electron chi connectivity index (χ0n) is 22.2. The van der Waals surface area contributed by atoms with Crippen LogP contribution in [0, 0.1) is 5.92 Å². The molecule has 0 aromatic heterocycles. The Morgan fingerprint density at radius 2 is 1.43 bits per heavy atom. The molecule has 0 aliphatic carbocycles. The molecular formula is C22H38N8O10. The molecule has 0 unspecified atom stereocenters. The molecule has 0 aliphatic rings. The van der Waals surface area contributed by atoms with E-state index in [2.05, 4.69) is 20.9 Å². The largest absolute Gasteiger partial charge is 0.481 e. The third kappa shape index (κ3) is 15.1. The van der Waals surface area contributed by atoms with E-state index in [-0.39, 0.29) is 25.3 Å². The van der Waals surface area contributed by atoms with E-state index in [0.29, 0.717) is 6.42 Å². The zero-order chi connectivity index (χ0) is 31.0. The number of hydrogen-bond donors (Lipinski definition) is 10. The fourth-order valence-electron chi connectivity index (χ4n) is 3.15. The normalized spacial score (nSPS) is 13.6. The number of nitrogens with one attached hydrogen (secondary N) is 4. The number of rotatable bonds is 19. The molecule has 0 aromatic rings. The minimum absolute atomic E-state index is 0.112. The molecule has 0 heterocycles. The smallest absolute Gasteiger partial charge is 0.326 e. The predicted molar refractivity (Wildman–Crippen MR) is 138 cm³/mol. The SMILES string of the molecule is CC(C)[C@H](NC(=O)[C@@H](N)CCCN=C(N)N)C(=O)N[C@@H](CCC(=O)O)C(=O)NCC(=O)N[C@@H](CC(=O)O)C(=O)O. The summed E-state index contributed by atoms with van der Waals surface area (Å²) >= 11 is 0. The number of carbonyl (C=O) groups is 7. The van der Waals surface area contributed by atoms with Crippen molar-refractivity contribution in [1.82, 2.24) is 21.3 Å². The van der Waals surface area contributed by atoms with E-state index in [1.807, 2.05) is 5.32 Å². The lowest BCUT2D eigenvalue weighted by molar-refractivity contribution is -0.147. The van der Waals surface area contributed by atoms with Crippen LogP contribution in [0.1, 0.15) is 46.0 Å². The van der Waals surface area contributed by atoms with E-state index in [4.69, 9.17) is 32.5 Å². The van der Waals surface area contributed by atoms with Crippen molar-refractivity contribution in [3.05, 3.63) is 0 Å². The molecule has 18 heteroatoms. The number of carboxylic acids is 3. The first-order chi connectivity index (χ1) is 18.5. The lowest BCUT2D eigenvalue weighted by atomic mass is 10.0. The van der Waals surface area contributed by atoms with Crippen LogP contribution in [0.15, 0.2) is 4.99 Å².